The number of nitrogens with zero attached hydrogens (tertiary/aromatic N) is 1. The fraction of sp³-hybridized carbons (Fsp3) is 0.200. The van der Waals surface area contributed by atoms with Crippen molar-refractivity contribution in [2.75, 3.05) is 0 Å². The first-order valence-electron chi connectivity index (χ1n) is 5.87. The van der Waals surface area contributed by atoms with Crippen LogP contribution in [0.4, 0.5) is 0 Å². The molecular formula is C15H15NO2. The Labute approximate surface area is 106 Å². The van der Waals surface area contributed by atoms with Crippen LogP contribution in [0.2, 0.25) is 0 Å². The predicted molar refractivity (Wildman–Crippen MR) is 70.8 cm³/mol. The number of hydrogen-bond donors (Lipinski definition) is 0. The Morgan fingerprint density at radius 2 is 1.83 bits per heavy atom. The standard InChI is InChI=1S/C15H15NO2/c1-11(2)18-14-6-4-13(5-7-14)15-8-3-12(10-17)9-16-15/h3-11H,1-2H3. The van der Waals surface area contributed by atoms with Gasteiger partial charge in [0.05, 0.1) is 11.8 Å². The van der Waals surface area contributed by atoms with Crippen LogP contribution in [0.3, 0.4) is 0 Å². The summed E-state index contributed by atoms with van der Waals surface area (Å²) in [5, 5.41) is 0. The van der Waals surface area contributed by atoms with Crippen LogP contribution in [0, 0.1) is 0 Å². The maximum absolute atomic E-state index is 10.5. The fourth-order valence-corrected chi connectivity index (χ4v) is 1.62. The van der Waals surface area contributed by atoms with E-state index < -0.39 is 0 Å². The molecule has 0 amide bonds. The van der Waals surface area contributed by atoms with E-state index in [0.717, 1.165) is 23.3 Å². The zero-order chi connectivity index (χ0) is 13.0. The Morgan fingerprint density at radius 1 is 1.11 bits per heavy atom. The van der Waals surface area contributed by atoms with Crippen LogP contribution in [-0.4, -0.2) is 17.4 Å². The molecule has 0 spiro atoms. The molecule has 0 bridgehead atoms. The first kappa shape index (κ1) is 12.3. The summed E-state index contributed by atoms with van der Waals surface area (Å²) in [6, 6.07) is 11.4. The highest BCUT2D eigenvalue weighted by Gasteiger charge is 2.01. The zero-order valence-electron chi connectivity index (χ0n) is 10.5. The molecule has 0 atom stereocenters. The molecular weight excluding hydrogens is 226 g/mol. The second-order valence-electron chi connectivity index (χ2n) is 4.29. The lowest BCUT2D eigenvalue weighted by Gasteiger charge is -2.09. The van der Waals surface area contributed by atoms with Crippen molar-refractivity contribution in [3.63, 3.8) is 0 Å². The molecule has 1 heterocycles. The van der Waals surface area contributed by atoms with Gasteiger partial charge in [0.25, 0.3) is 0 Å². The molecule has 0 N–H and O–H groups in total. The summed E-state index contributed by atoms with van der Waals surface area (Å²) in [6.45, 7) is 3.99. The van der Waals surface area contributed by atoms with Crippen LogP contribution in [0.5, 0.6) is 5.75 Å². The third-order valence-corrected chi connectivity index (χ3v) is 2.44. The average Bonchev–Trinajstić information content (AvgIpc) is 2.39. The van der Waals surface area contributed by atoms with E-state index in [0.29, 0.717) is 5.56 Å². The lowest BCUT2D eigenvalue weighted by atomic mass is 10.1. The number of aldehydes is 1. The molecule has 0 radical (unpaired) electrons. The molecule has 0 saturated heterocycles. The third-order valence-electron chi connectivity index (χ3n) is 2.44. The molecule has 3 nitrogen and oxygen atoms in total. The monoisotopic (exact) mass is 241 g/mol. The topological polar surface area (TPSA) is 39.2 Å². The van der Waals surface area contributed by atoms with Gasteiger partial charge in [0.15, 0.2) is 6.29 Å². The van der Waals surface area contributed by atoms with Gasteiger partial charge >= 0.3 is 0 Å². The number of rotatable bonds is 4. The van der Waals surface area contributed by atoms with E-state index in [9.17, 15) is 4.79 Å². The van der Waals surface area contributed by atoms with Gasteiger partial charge < -0.3 is 4.74 Å². The highest BCUT2D eigenvalue weighted by molar-refractivity contribution is 5.75. The number of ether oxygens (including phenoxy) is 1. The highest BCUT2D eigenvalue weighted by Crippen LogP contribution is 2.21. The summed E-state index contributed by atoms with van der Waals surface area (Å²) in [5.41, 5.74) is 2.43. The molecule has 1 aromatic heterocycles. The van der Waals surface area contributed by atoms with Crippen LogP contribution in [0.25, 0.3) is 11.3 Å². The van der Waals surface area contributed by atoms with Crippen molar-refractivity contribution in [1.82, 2.24) is 4.98 Å². The summed E-state index contributed by atoms with van der Waals surface area (Å²) in [6.07, 6.45) is 2.53. The van der Waals surface area contributed by atoms with Gasteiger partial charge in [-0.2, -0.15) is 0 Å². The van der Waals surface area contributed by atoms with E-state index in [-0.39, 0.29) is 6.10 Å². The molecule has 0 aliphatic heterocycles. The minimum absolute atomic E-state index is 0.167. The van der Waals surface area contributed by atoms with E-state index in [4.69, 9.17) is 4.74 Å². The second-order valence-corrected chi connectivity index (χ2v) is 4.29. The number of carbonyl (C=O) groups is 1. The average molecular weight is 241 g/mol. The molecule has 0 saturated carbocycles. The molecule has 92 valence electrons. The summed E-state index contributed by atoms with van der Waals surface area (Å²) in [4.78, 5) is 14.8. The summed E-state index contributed by atoms with van der Waals surface area (Å²) in [5.74, 6) is 0.846. The van der Waals surface area contributed by atoms with Gasteiger partial charge in [0, 0.05) is 17.3 Å². The molecule has 0 aliphatic rings. The van der Waals surface area contributed by atoms with Gasteiger partial charge in [0.2, 0.25) is 0 Å². The second kappa shape index (κ2) is 5.45. The van der Waals surface area contributed by atoms with Gasteiger partial charge in [-0.05, 0) is 50.2 Å². The summed E-state index contributed by atoms with van der Waals surface area (Å²) in [7, 11) is 0. The van der Waals surface area contributed by atoms with Gasteiger partial charge in [0.1, 0.15) is 5.75 Å². The van der Waals surface area contributed by atoms with Crippen molar-refractivity contribution >= 4 is 6.29 Å². The Balaban J connectivity index is 2.20. The fourth-order valence-electron chi connectivity index (χ4n) is 1.62. The Bertz CT molecular complexity index is 515. The van der Waals surface area contributed by atoms with Crippen LogP contribution < -0.4 is 4.74 Å². The van der Waals surface area contributed by atoms with Crippen LogP contribution in [0.15, 0.2) is 42.6 Å². The van der Waals surface area contributed by atoms with Gasteiger partial charge in [-0.3, -0.25) is 9.78 Å². The molecule has 18 heavy (non-hydrogen) atoms. The van der Waals surface area contributed by atoms with Gasteiger partial charge in [-0.15, -0.1) is 0 Å². The van der Waals surface area contributed by atoms with Crippen molar-refractivity contribution in [3.05, 3.63) is 48.2 Å². The van der Waals surface area contributed by atoms with Crippen LogP contribution >= 0.6 is 0 Å². The van der Waals surface area contributed by atoms with Crippen molar-refractivity contribution in [1.29, 1.82) is 0 Å². The molecule has 3 heteroatoms. The molecule has 2 rings (SSSR count). The van der Waals surface area contributed by atoms with E-state index >= 15 is 0 Å². The van der Waals surface area contributed by atoms with Crippen molar-refractivity contribution < 1.29 is 9.53 Å². The number of hydrogen-bond acceptors (Lipinski definition) is 3. The lowest BCUT2D eigenvalue weighted by molar-refractivity contribution is 0.112. The quantitative estimate of drug-likeness (QED) is 0.770. The van der Waals surface area contributed by atoms with E-state index in [1.807, 2.05) is 44.2 Å². The van der Waals surface area contributed by atoms with E-state index in [1.54, 1.807) is 12.3 Å². The maximum Gasteiger partial charge on any atom is 0.151 e. The number of benzene rings is 1. The third kappa shape index (κ3) is 2.94. The molecule has 2 aromatic rings. The number of carbonyl (C=O) groups excluding carboxylic acids is 1. The number of aromatic nitrogens is 1. The van der Waals surface area contributed by atoms with E-state index in [1.165, 1.54) is 0 Å². The predicted octanol–water partition coefficient (Wildman–Crippen LogP) is 3.35. The van der Waals surface area contributed by atoms with Crippen molar-refractivity contribution in [3.8, 4) is 17.0 Å². The SMILES string of the molecule is CC(C)Oc1ccc(-c2ccc(C=O)cn2)cc1. The molecule has 0 unspecified atom stereocenters. The summed E-state index contributed by atoms with van der Waals surface area (Å²) >= 11 is 0. The number of pyridine rings is 1. The van der Waals surface area contributed by atoms with Gasteiger partial charge in [-0.1, -0.05) is 0 Å². The Hall–Kier alpha value is -2.16. The normalized spacial score (nSPS) is 10.4. The van der Waals surface area contributed by atoms with E-state index in [2.05, 4.69) is 4.98 Å². The van der Waals surface area contributed by atoms with Crippen molar-refractivity contribution in [2.24, 2.45) is 0 Å². The first-order valence-corrected chi connectivity index (χ1v) is 5.87. The maximum atomic E-state index is 10.5. The summed E-state index contributed by atoms with van der Waals surface area (Å²) < 4.78 is 5.57. The van der Waals surface area contributed by atoms with Crippen molar-refractivity contribution in [2.45, 2.75) is 20.0 Å². The zero-order valence-corrected chi connectivity index (χ0v) is 10.5. The Kier molecular flexibility index (Phi) is 3.72. The lowest BCUT2D eigenvalue weighted by Crippen LogP contribution is -2.05. The van der Waals surface area contributed by atoms with Crippen LogP contribution in [-0.2, 0) is 0 Å². The Morgan fingerprint density at radius 3 is 2.33 bits per heavy atom. The minimum atomic E-state index is 0.167. The largest absolute Gasteiger partial charge is 0.491 e. The first-order chi connectivity index (χ1) is 8.69. The molecule has 0 aliphatic carbocycles. The minimum Gasteiger partial charge on any atom is -0.491 e. The smallest absolute Gasteiger partial charge is 0.151 e. The van der Waals surface area contributed by atoms with Gasteiger partial charge in [-0.25, -0.2) is 0 Å². The molecule has 1 aromatic carbocycles. The highest BCUT2D eigenvalue weighted by atomic mass is 16.5. The molecule has 0 fully saturated rings. The van der Waals surface area contributed by atoms with Crippen LogP contribution in [0.1, 0.15) is 24.2 Å².